The molecule has 2 N–H and O–H groups in total. The minimum Gasteiger partial charge on any atom is -0.349 e. The van der Waals surface area contributed by atoms with Gasteiger partial charge in [-0.05, 0) is 61.6 Å². The first kappa shape index (κ1) is 20.0. The van der Waals surface area contributed by atoms with E-state index in [1.54, 1.807) is 0 Å². The van der Waals surface area contributed by atoms with Crippen molar-refractivity contribution in [2.75, 3.05) is 0 Å². The van der Waals surface area contributed by atoms with Crippen LogP contribution in [0.1, 0.15) is 73.8 Å². The number of nitrogens with zero attached hydrogens (tertiary/aromatic N) is 3. The minimum atomic E-state index is -0.00295. The molecule has 1 unspecified atom stereocenters. The predicted octanol–water partition coefficient (Wildman–Crippen LogP) is 4.24. The van der Waals surface area contributed by atoms with E-state index in [4.69, 9.17) is 0 Å². The lowest BCUT2D eigenvalue weighted by Gasteiger charge is -2.36. The maximum absolute atomic E-state index is 12.9. The van der Waals surface area contributed by atoms with Crippen molar-refractivity contribution in [1.29, 1.82) is 0 Å². The zero-order valence-electron chi connectivity index (χ0n) is 18.4. The summed E-state index contributed by atoms with van der Waals surface area (Å²) < 4.78 is 2.03. The van der Waals surface area contributed by atoms with Crippen LogP contribution in [0.15, 0.2) is 36.5 Å². The lowest BCUT2D eigenvalue weighted by molar-refractivity contribution is -0.122. The summed E-state index contributed by atoms with van der Waals surface area (Å²) in [7, 11) is 0. The number of aromatic nitrogens is 4. The van der Waals surface area contributed by atoms with Crippen molar-refractivity contribution in [1.82, 2.24) is 25.3 Å². The van der Waals surface area contributed by atoms with Crippen molar-refractivity contribution < 1.29 is 4.79 Å². The van der Waals surface area contributed by atoms with Crippen molar-refractivity contribution in [3.63, 3.8) is 0 Å². The number of rotatable bonds is 5. The van der Waals surface area contributed by atoms with Crippen LogP contribution in [0.3, 0.4) is 0 Å². The van der Waals surface area contributed by atoms with Crippen LogP contribution >= 0.6 is 0 Å². The average molecular weight is 418 g/mol. The Morgan fingerprint density at radius 3 is 2.87 bits per heavy atom. The van der Waals surface area contributed by atoms with Crippen molar-refractivity contribution in [3.8, 4) is 5.69 Å². The summed E-state index contributed by atoms with van der Waals surface area (Å²) in [6.07, 6.45) is 9.59. The summed E-state index contributed by atoms with van der Waals surface area (Å²) in [6, 6.07) is 10.2. The molecule has 2 aromatic heterocycles. The molecule has 0 saturated heterocycles. The minimum absolute atomic E-state index is 0.00295. The Balaban J connectivity index is 1.31. The van der Waals surface area contributed by atoms with Crippen LogP contribution in [0.2, 0.25) is 0 Å². The molecule has 1 atom stereocenters. The number of amides is 1. The Morgan fingerprint density at radius 2 is 2.03 bits per heavy atom. The summed E-state index contributed by atoms with van der Waals surface area (Å²) in [5.74, 6) is 0.0914. The van der Waals surface area contributed by atoms with Crippen LogP contribution in [0.5, 0.6) is 0 Å². The molecule has 5 rings (SSSR count). The molecule has 0 radical (unpaired) electrons. The highest BCUT2D eigenvalue weighted by Crippen LogP contribution is 2.41. The maximum atomic E-state index is 12.9. The fourth-order valence-corrected chi connectivity index (χ4v) is 5.22. The Bertz CT molecular complexity index is 1080. The Kier molecular flexibility index (Phi) is 5.16. The molecule has 162 valence electrons. The van der Waals surface area contributed by atoms with Gasteiger partial charge in [-0.3, -0.25) is 9.89 Å². The molecular weight excluding hydrogens is 386 g/mol. The molecule has 1 amide bonds. The van der Waals surface area contributed by atoms with E-state index < -0.39 is 0 Å². The molecule has 0 spiro atoms. The van der Waals surface area contributed by atoms with Gasteiger partial charge in [0.1, 0.15) is 0 Å². The second-order valence-electron chi connectivity index (χ2n) is 9.79. The third kappa shape index (κ3) is 4.03. The van der Waals surface area contributed by atoms with E-state index in [-0.39, 0.29) is 17.4 Å². The van der Waals surface area contributed by atoms with Crippen LogP contribution in [0, 0.1) is 5.41 Å². The van der Waals surface area contributed by atoms with Gasteiger partial charge in [-0.25, -0.2) is 4.68 Å². The monoisotopic (exact) mass is 417 g/mol. The van der Waals surface area contributed by atoms with Gasteiger partial charge in [0.05, 0.1) is 29.3 Å². The van der Waals surface area contributed by atoms with Crippen LogP contribution in [0.4, 0.5) is 0 Å². The molecule has 6 heteroatoms. The number of H-pyrrole nitrogens is 1. The summed E-state index contributed by atoms with van der Waals surface area (Å²) >= 11 is 0. The first-order chi connectivity index (χ1) is 15.0. The second-order valence-corrected chi connectivity index (χ2v) is 9.79. The molecule has 0 bridgehead atoms. The lowest BCUT2D eigenvalue weighted by atomic mass is 9.74. The Labute approximate surface area is 183 Å². The summed E-state index contributed by atoms with van der Waals surface area (Å²) in [5, 5.41) is 15.7. The maximum Gasteiger partial charge on any atom is 0.220 e. The highest BCUT2D eigenvalue weighted by Gasteiger charge is 2.36. The molecule has 6 nitrogen and oxygen atoms in total. The van der Waals surface area contributed by atoms with Gasteiger partial charge in [-0.1, -0.05) is 32.0 Å². The molecule has 31 heavy (non-hydrogen) atoms. The molecule has 2 aliphatic carbocycles. The fourth-order valence-electron chi connectivity index (χ4n) is 5.22. The van der Waals surface area contributed by atoms with E-state index in [9.17, 15) is 4.79 Å². The zero-order valence-corrected chi connectivity index (χ0v) is 18.4. The van der Waals surface area contributed by atoms with E-state index in [1.807, 2.05) is 29.1 Å². The molecule has 0 fully saturated rings. The number of nitrogens with one attached hydrogen (secondary N) is 2. The number of hydrogen-bond donors (Lipinski definition) is 2. The quantitative estimate of drug-likeness (QED) is 0.652. The number of aromatic amines is 1. The van der Waals surface area contributed by atoms with Gasteiger partial charge < -0.3 is 5.32 Å². The van der Waals surface area contributed by atoms with Crippen LogP contribution in [0.25, 0.3) is 5.69 Å². The van der Waals surface area contributed by atoms with Gasteiger partial charge in [0, 0.05) is 24.1 Å². The number of para-hydroxylation sites is 1. The molecule has 3 aromatic rings. The van der Waals surface area contributed by atoms with Crippen LogP contribution in [-0.2, 0) is 30.5 Å². The lowest BCUT2D eigenvalue weighted by Crippen LogP contribution is -2.36. The number of hydrogen-bond acceptors (Lipinski definition) is 3. The van der Waals surface area contributed by atoms with Crippen molar-refractivity contribution in [3.05, 3.63) is 64.7 Å². The zero-order chi connectivity index (χ0) is 21.4. The van der Waals surface area contributed by atoms with Gasteiger partial charge in [-0.2, -0.15) is 10.2 Å². The van der Waals surface area contributed by atoms with E-state index in [1.165, 1.54) is 29.8 Å². The fraction of sp³-hybridized carbons (Fsp3) is 0.480. The molecule has 1 aromatic carbocycles. The van der Waals surface area contributed by atoms with Crippen LogP contribution < -0.4 is 5.32 Å². The number of benzene rings is 1. The summed E-state index contributed by atoms with van der Waals surface area (Å²) in [5.41, 5.74) is 7.21. The van der Waals surface area contributed by atoms with Gasteiger partial charge in [0.2, 0.25) is 5.91 Å². The molecule has 0 saturated carbocycles. The number of carbonyl (C=O) groups is 1. The summed E-state index contributed by atoms with van der Waals surface area (Å²) in [4.78, 5) is 12.9. The second kappa shape index (κ2) is 7.98. The van der Waals surface area contributed by atoms with Crippen molar-refractivity contribution >= 4 is 5.91 Å². The Hall–Kier alpha value is -2.89. The average Bonchev–Trinajstić information content (AvgIpc) is 3.36. The molecule has 2 heterocycles. The topological polar surface area (TPSA) is 75.6 Å². The van der Waals surface area contributed by atoms with Crippen molar-refractivity contribution in [2.45, 2.75) is 71.3 Å². The van der Waals surface area contributed by atoms with Gasteiger partial charge in [0.25, 0.3) is 0 Å². The highest BCUT2D eigenvalue weighted by molar-refractivity contribution is 5.76. The predicted molar refractivity (Wildman–Crippen MR) is 120 cm³/mol. The normalized spacial score (nSPS) is 19.5. The van der Waals surface area contributed by atoms with Crippen molar-refractivity contribution in [2.24, 2.45) is 5.41 Å². The largest absolute Gasteiger partial charge is 0.349 e. The number of fused-ring (bicyclic) bond motifs is 2. The SMILES string of the molecule is CC1(C)Cc2c(cnn2-c2ccccc2)C(NC(=O)CCc2n[nH]c3c2CCCC3)C1. The molecule has 0 aliphatic heterocycles. The Morgan fingerprint density at radius 1 is 1.23 bits per heavy atom. The third-order valence-electron chi connectivity index (χ3n) is 6.75. The van der Waals surface area contributed by atoms with E-state index in [0.717, 1.165) is 42.6 Å². The van der Waals surface area contributed by atoms with Gasteiger partial charge >= 0.3 is 0 Å². The first-order valence-electron chi connectivity index (χ1n) is 11.5. The third-order valence-corrected chi connectivity index (χ3v) is 6.75. The van der Waals surface area contributed by atoms with Crippen LogP contribution in [-0.4, -0.2) is 25.9 Å². The summed E-state index contributed by atoms with van der Waals surface area (Å²) in [6.45, 7) is 4.54. The molecule has 2 aliphatic rings. The van der Waals surface area contributed by atoms with Gasteiger partial charge in [-0.15, -0.1) is 0 Å². The first-order valence-corrected chi connectivity index (χ1v) is 11.5. The molecular formula is C25H31N5O. The number of carbonyl (C=O) groups excluding carboxylic acids is 1. The smallest absolute Gasteiger partial charge is 0.220 e. The van der Waals surface area contributed by atoms with E-state index in [0.29, 0.717) is 12.8 Å². The van der Waals surface area contributed by atoms with Gasteiger partial charge in [0.15, 0.2) is 0 Å². The van der Waals surface area contributed by atoms with E-state index >= 15 is 0 Å². The standard InChI is InChI=1S/C25H31N5O/c1-25(2)14-22(19-16-26-30(23(19)15-25)17-8-4-3-5-9-17)27-24(31)13-12-21-18-10-6-7-11-20(18)28-29-21/h3-5,8-9,16,22H,6-7,10-15H2,1-2H3,(H,27,31)(H,28,29). The number of aryl methyl sites for hydroxylation is 2. The highest BCUT2D eigenvalue weighted by atomic mass is 16.1. The van der Waals surface area contributed by atoms with E-state index in [2.05, 4.69) is 46.6 Å².